The predicted octanol–water partition coefficient (Wildman–Crippen LogP) is 3.15. The third-order valence-electron chi connectivity index (χ3n) is 4.73. The molecule has 1 aromatic carbocycles. The topological polar surface area (TPSA) is 83.7 Å². The highest BCUT2D eigenvalue weighted by molar-refractivity contribution is 5.88. The van der Waals surface area contributed by atoms with E-state index in [4.69, 9.17) is 10.5 Å². The van der Waals surface area contributed by atoms with Gasteiger partial charge in [-0.15, -0.1) is 0 Å². The fourth-order valence-electron chi connectivity index (χ4n) is 3.00. The Bertz CT molecular complexity index is 808. The van der Waals surface area contributed by atoms with E-state index < -0.39 is 5.82 Å². The number of urea groups is 1. The van der Waals surface area contributed by atoms with E-state index >= 15 is 0 Å². The van der Waals surface area contributed by atoms with Gasteiger partial charge in [0.25, 0.3) is 0 Å². The molecule has 144 valence electrons. The Kier molecular flexibility index (Phi) is 5.75. The van der Waals surface area contributed by atoms with Crippen LogP contribution in [0.1, 0.15) is 12.8 Å². The molecule has 1 aliphatic heterocycles. The van der Waals surface area contributed by atoms with Crippen molar-refractivity contribution in [3.8, 4) is 11.5 Å². The molecule has 0 saturated carbocycles. The van der Waals surface area contributed by atoms with Crippen LogP contribution in [0.15, 0.2) is 36.5 Å². The number of halogens is 1. The summed E-state index contributed by atoms with van der Waals surface area (Å²) in [5, 5.41) is 2.79. The lowest BCUT2D eigenvalue weighted by Gasteiger charge is -2.34. The highest BCUT2D eigenvalue weighted by Gasteiger charge is 2.24. The first kappa shape index (κ1) is 18.9. The van der Waals surface area contributed by atoms with Crippen molar-refractivity contribution in [3.63, 3.8) is 0 Å². The van der Waals surface area contributed by atoms with Crippen molar-refractivity contribution in [2.75, 3.05) is 38.2 Å². The molecule has 2 amide bonds. The third kappa shape index (κ3) is 4.85. The summed E-state index contributed by atoms with van der Waals surface area (Å²) >= 11 is 0. The molecule has 0 aliphatic carbocycles. The molecular weight excluding hydrogens is 349 g/mol. The van der Waals surface area contributed by atoms with Crippen LogP contribution in [-0.2, 0) is 0 Å². The monoisotopic (exact) mass is 373 g/mol. The van der Waals surface area contributed by atoms with Crippen LogP contribution in [0.5, 0.6) is 11.5 Å². The third-order valence-corrected chi connectivity index (χ3v) is 4.73. The molecule has 0 spiro atoms. The molecule has 8 heteroatoms. The Morgan fingerprint density at radius 2 is 2.00 bits per heavy atom. The Balaban J connectivity index is 1.62. The number of rotatable bonds is 4. The predicted molar refractivity (Wildman–Crippen MR) is 102 cm³/mol. The van der Waals surface area contributed by atoms with Crippen LogP contribution in [0.25, 0.3) is 0 Å². The van der Waals surface area contributed by atoms with E-state index in [9.17, 15) is 9.18 Å². The van der Waals surface area contributed by atoms with E-state index in [-0.39, 0.29) is 17.8 Å². The van der Waals surface area contributed by atoms with Crippen LogP contribution in [0.2, 0.25) is 0 Å². The van der Waals surface area contributed by atoms with Gasteiger partial charge in [0.2, 0.25) is 0 Å². The maximum Gasteiger partial charge on any atom is 0.323 e. The van der Waals surface area contributed by atoms with Crippen LogP contribution >= 0.6 is 0 Å². The lowest BCUT2D eigenvalue weighted by atomic mass is 10.0. The SMILES string of the molecule is CN1CCC(N(C)C(=O)Nc2cc(Oc3ccc(N)c(F)c3)ccn2)CC1. The number of pyridine rings is 1. The average Bonchev–Trinajstić information content (AvgIpc) is 2.65. The molecule has 0 bridgehead atoms. The maximum absolute atomic E-state index is 13.5. The number of anilines is 2. The van der Waals surface area contributed by atoms with Gasteiger partial charge in [-0.2, -0.15) is 0 Å². The van der Waals surface area contributed by atoms with Crippen molar-refractivity contribution >= 4 is 17.5 Å². The number of carbonyl (C=O) groups excluding carboxylic acids is 1. The minimum absolute atomic E-state index is 0.0574. The lowest BCUT2D eigenvalue weighted by molar-refractivity contribution is 0.156. The van der Waals surface area contributed by atoms with Gasteiger partial charge in [0.1, 0.15) is 23.1 Å². The molecule has 0 radical (unpaired) electrons. The van der Waals surface area contributed by atoms with Gasteiger partial charge >= 0.3 is 6.03 Å². The van der Waals surface area contributed by atoms with Crippen LogP contribution in [0, 0.1) is 5.82 Å². The van der Waals surface area contributed by atoms with Crippen LogP contribution in [-0.4, -0.2) is 54.0 Å². The summed E-state index contributed by atoms with van der Waals surface area (Å²) in [7, 11) is 3.88. The van der Waals surface area contributed by atoms with E-state index in [0.29, 0.717) is 17.3 Å². The van der Waals surface area contributed by atoms with Gasteiger partial charge in [-0.05, 0) is 51.2 Å². The second-order valence-electron chi connectivity index (χ2n) is 6.74. The molecule has 2 heterocycles. The quantitative estimate of drug-likeness (QED) is 0.805. The van der Waals surface area contributed by atoms with Gasteiger partial charge in [0.15, 0.2) is 0 Å². The minimum atomic E-state index is -0.546. The van der Waals surface area contributed by atoms with E-state index in [1.165, 1.54) is 18.3 Å². The van der Waals surface area contributed by atoms with Gasteiger partial charge in [-0.3, -0.25) is 5.32 Å². The normalized spacial score (nSPS) is 15.4. The summed E-state index contributed by atoms with van der Waals surface area (Å²) in [5.41, 5.74) is 5.52. The Labute approximate surface area is 157 Å². The molecule has 1 fully saturated rings. The summed E-state index contributed by atoms with van der Waals surface area (Å²) in [4.78, 5) is 20.6. The molecule has 27 heavy (non-hydrogen) atoms. The van der Waals surface area contributed by atoms with E-state index in [0.717, 1.165) is 25.9 Å². The molecule has 0 atom stereocenters. The Hall–Kier alpha value is -2.87. The molecule has 7 nitrogen and oxygen atoms in total. The van der Waals surface area contributed by atoms with Gasteiger partial charge in [-0.1, -0.05) is 0 Å². The zero-order chi connectivity index (χ0) is 19.4. The Morgan fingerprint density at radius 3 is 2.70 bits per heavy atom. The average molecular weight is 373 g/mol. The standard InChI is InChI=1S/C19H24FN5O2/c1-24-9-6-13(7-10-24)25(2)19(26)23-18-12-15(5-8-22-18)27-14-3-4-17(21)16(20)11-14/h3-5,8,11-13H,6-7,9-10,21H2,1-2H3,(H,22,23,26). The summed E-state index contributed by atoms with van der Waals surface area (Å²) < 4.78 is 19.2. The minimum Gasteiger partial charge on any atom is -0.457 e. The van der Waals surface area contributed by atoms with Crippen molar-refractivity contribution in [2.24, 2.45) is 0 Å². The van der Waals surface area contributed by atoms with Crippen molar-refractivity contribution in [1.29, 1.82) is 0 Å². The number of nitrogens with zero attached hydrogens (tertiary/aromatic N) is 3. The number of amides is 2. The van der Waals surface area contributed by atoms with Crippen molar-refractivity contribution in [1.82, 2.24) is 14.8 Å². The number of likely N-dealkylation sites (tertiary alicyclic amines) is 1. The first-order valence-corrected chi connectivity index (χ1v) is 8.83. The van der Waals surface area contributed by atoms with Crippen molar-refractivity contribution < 1.29 is 13.9 Å². The molecule has 3 rings (SSSR count). The van der Waals surface area contributed by atoms with E-state index in [1.54, 1.807) is 30.1 Å². The fourth-order valence-corrected chi connectivity index (χ4v) is 3.00. The summed E-state index contributed by atoms with van der Waals surface area (Å²) in [5.74, 6) is 0.572. The number of hydrogen-bond donors (Lipinski definition) is 2. The van der Waals surface area contributed by atoms with Crippen molar-refractivity contribution in [3.05, 3.63) is 42.3 Å². The molecular formula is C19H24FN5O2. The number of nitrogen functional groups attached to an aromatic ring is 1. The highest BCUT2D eigenvalue weighted by atomic mass is 19.1. The lowest BCUT2D eigenvalue weighted by Crippen LogP contribution is -2.46. The zero-order valence-electron chi connectivity index (χ0n) is 15.5. The molecule has 1 aliphatic rings. The molecule has 1 saturated heterocycles. The largest absolute Gasteiger partial charge is 0.457 e. The smallest absolute Gasteiger partial charge is 0.323 e. The number of hydrogen-bond acceptors (Lipinski definition) is 5. The van der Waals surface area contributed by atoms with Gasteiger partial charge < -0.3 is 20.3 Å². The van der Waals surface area contributed by atoms with Gasteiger partial charge in [-0.25, -0.2) is 14.2 Å². The summed E-state index contributed by atoms with van der Waals surface area (Å²) in [6, 6.07) is 7.43. The molecule has 1 aromatic heterocycles. The molecule has 0 unspecified atom stereocenters. The van der Waals surface area contributed by atoms with Crippen LogP contribution in [0.4, 0.5) is 20.7 Å². The van der Waals surface area contributed by atoms with Crippen LogP contribution < -0.4 is 15.8 Å². The summed E-state index contributed by atoms with van der Waals surface area (Å²) in [6.45, 7) is 1.95. The number of carbonyl (C=O) groups is 1. The second-order valence-corrected chi connectivity index (χ2v) is 6.74. The number of nitrogens with one attached hydrogen (secondary N) is 1. The summed E-state index contributed by atoms with van der Waals surface area (Å²) in [6.07, 6.45) is 3.41. The first-order chi connectivity index (χ1) is 12.9. The van der Waals surface area contributed by atoms with E-state index in [1.807, 2.05) is 0 Å². The number of nitrogens with two attached hydrogens (primary N) is 1. The zero-order valence-corrected chi connectivity index (χ0v) is 15.5. The highest BCUT2D eigenvalue weighted by Crippen LogP contribution is 2.25. The first-order valence-electron chi connectivity index (χ1n) is 8.83. The van der Waals surface area contributed by atoms with Crippen LogP contribution in [0.3, 0.4) is 0 Å². The van der Waals surface area contributed by atoms with Gasteiger partial charge in [0, 0.05) is 31.4 Å². The molecule has 3 N–H and O–H groups in total. The number of aromatic nitrogens is 1. The van der Waals surface area contributed by atoms with Gasteiger partial charge in [0.05, 0.1) is 5.69 Å². The number of piperidine rings is 1. The number of benzene rings is 1. The van der Waals surface area contributed by atoms with E-state index in [2.05, 4.69) is 22.2 Å². The maximum atomic E-state index is 13.5. The number of ether oxygens (including phenoxy) is 1. The fraction of sp³-hybridized carbons (Fsp3) is 0.368. The Morgan fingerprint density at radius 1 is 1.30 bits per heavy atom. The molecule has 2 aromatic rings. The second kappa shape index (κ2) is 8.22. The van der Waals surface area contributed by atoms with Crippen molar-refractivity contribution in [2.45, 2.75) is 18.9 Å².